The molecule has 0 unspecified atom stereocenters. The molecule has 2 aromatic rings. The van der Waals surface area contributed by atoms with Gasteiger partial charge in [0, 0.05) is 29.3 Å². The van der Waals surface area contributed by atoms with Gasteiger partial charge in [0.15, 0.2) is 0 Å². The normalized spacial score (nSPS) is 17.6. The number of carbonyl (C=O) groups excluding carboxylic acids is 1. The zero-order chi connectivity index (χ0) is 21.0. The maximum absolute atomic E-state index is 13.3. The standard InChI is InChI=1S/C20H23BrN2O5S/c1-27-17-9-10-18(28-2)19(12-17)29(25,26)23-11-3-4-14(13-23)20(24)22-16-7-5-15(21)6-8-16/h5-10,12,14H,3-4,11,13H2,1-2H3,(H,22,24)/t14-/m0/s1. The van der Waals surface area contributed by atoms with Gasteiger partial charge in [0.2, 0.25) is 15.9 Å². The Bertz CT molecular complexity index is 979. The lowest BCUT2D eigenvalue weighted by atomic mass is 9.99. The Morgan fingerprint density at radius 2 is 1.86 bits per heavy atom. The van der Waals surface area contributed by atoms with Crippen LogP contribution in [0.15, 0.2) is 51.8 Å². The highest BCUT2D eigenvalue weighted by Crippen LogP contribution is 2.33. The van der Waals surface area contributed by atoms with Crippen molar-refractivity contribution in [2.24, 2.45) is 5.92 Å². The summed E-state index contributed by atoms with van der Waals surface area (Å²) in [6.07, 6.45) is 1.23. The highest BCUT2D eigenvalue weighted by molar-refractivity contribution is 9.10. The van der Waals surface area contributed by atoms with Gasteiger partial charge in [-0.2, -0.15) is 4.31 Å². The molecule has 0 saturated carbocycles. The summed E-state index contributed by atoms with van der Waals surface area (Å²) >= 11 is 3.36. The van der Waals surface area contributed by atoms with Gasteiger partial charge in [0.25, 0.3) is 0 Å². The number of amides is 1. The molecule has 1 amide bonds. The molecule has 29 heavy (non-hydrogen) atoms. The summed E-state index contributed by atoms with van der Waals surface area (Å²) < 4.78 is 39.2. The first kappa shape index (κ1) is 21.6. The molecule has 0 radical (unpaired) electrons. The van der Waals surface area contributed by atoms with Crippen molar-refractivity contribution in [1.29, 1.82) is 0 Å². The zero-order valence-electron chi connectivity index (χ0n) is 16.2. The topological polar surface area (TPSA) is 84.9 Å². The molecule has 0 aliphatic carbocycles. The minimum atomic E-state index is -3.84. The third-order valence-corrected chi connectivity index (χ3v) is 7.27. The average Bonchev–Trinajstić information content (AvgIpc) is 2.74. The predicted octanol–water partition coefficient (Wildman–Crippen LogP) is 3.51. The number of nitrogens with zero attached hydrogens (tertiary/aromatic N) is 1. The number of hydrogen-bond acceptors (Lipinski definition) is 5. The predicted molar refractivity (Wildman–Crippen MR) is 114 cm³/mol. The molecule has 0 spiro atoms. The third-order valence-electron chi connectivity index (χ3n) is 4.86. The van der Waals surface area contributed by atoms with Crippen molar-refractivity contribution < 1.29 is 22.7 Å². The number of nitrogens with one attached hydrogen (secondary N) is 1. The highest BCUT2D eigenvalue weighted by atomic mass is 79.9. The molecule has 7 nitrogen and oxygen atoms in total. The van der Waals surface area contributed by atoms with E-state index in [0.717, 1.165) is 4.47 Å². The summed E-state index contributed by atoms with van der Waals surface area (Å²) in [5.41, 5.74) is 0.674. The van der Waals surface area contributed by atoms with E-state index in [1.807, 2.05) is 12.1 Å². The highest BCUT2D eigenvalue weighted by Gasteiger charge is 2.35. The minimum Gasteiger partial charge on any atom is -0.497 e. The first-order chi connectivity index (χ1) is 13.8. The number of methoxy groups -OCH3 is 2. The van der Waals surface area contributed by atoms with Gasteiger partial charge in [-0.15, -0.1) is 0 Å². The van der Waals surface area contributed by atoms with Gasteiger partial charge >= 0.3 is 0 Å². The second kappa shape index (κ2) is 9.15. The van der Waals surface area contributed by atoms with Crippen molar-refractivity contribution >= 4 is 37.5 Å². The Kier molecular flexibility index (Phi) is 6.81. The van der Waals surface area contributed by atoms with Crippen LogP contribution < -0.4 is 14.8 Å². The van der Waals surface area contributed by atoms with Gasteiger partial charge in [0.1, 0.15) is 16.4 Å². The zero-order valence-corrected chi connectivity index (χ0v) is 18.6. The molecule has 2 aromatic carbocycles. The molecule has 0 bridgehead atoms. The van der Waals surface area contributed by atoms with Crippen LogP contribution >= 0.6 is 15.9 Å². The van der Waals surface area contributed by atoms with E-state index in [4.69, 9.17) is 9.47 Å². The van der Waals surface area contributed by atoms with Crippen LogP contribution in [0.3, 0.4) is 0 Å². The lowest BCUT2D eigenvalue weighted by Crippen LogP contribution is -2.43. The number of benzene rings is 2. The van der Waals surface area contributed by atoms with Crippen LogP contribution in [0.2, 0.25) is 0 Å². The van der Waals surface area contributed by atoms with E-state index in [1.165, 1.54) is 24.6 Å². The Morgan fingerprint density at radius 1 is 1.14 bits per heavy atom. The summed E-state index contributed by atoms with van der Waals surface area (Å²) in [6, 6.07) is 11.9. The van der Waals surface area contributed by atoms with Crippen molar-refractivity contribution in [3.8, 4) is 11.5 Å². The Balaban J connectivity index is 1.79. The summed E-state index contributed by atoms with van der Waals surface area (Å²) in [4.78, 5) is 12.7. The van der Waals surface area contributed by atoms with Crippen molar-refractivity contribution in [3.63, 3.8) is 0 Å². The number of halogens is 1. The van der Waals surface area contributed by atoms with Gasteiger partial charge in [-0.3, -0.25) is 4.79 Å². The van der Waals surface area contributed by atoms with Gasteiger partial charge < -0.3 is 14.8 Å². The van der Waals surface area contributed by atoms with E-state index < -0.39 is 15.9 Å². The minimum absolute atomic E-state index is 0.0355. The van der Waals surface area contributed by atoms with Crippen molar-refractivity contribution in [2.45, 2.75) is 17.7 Å². The summed E-state index contributed by atoms with van der Waals surface area (Å²) in [5.74, 6) is 0.0433. The SMILES string of the molecule is COc1ccc(OC)c(S(=O)(=O)N2CCC[C@H](C(=O)Nc3ccc(Br)cc3)C2)c1. The van der Waals surface area contributed by atoms with E-state index >= 15 is 0 Å². The van der Waals surface area contributed by atoms with Crippen LogP contribution in [0.4, 0.5) is 5.69 Å². The smallest absolute Gasteiger partial charge is 0.246 e. The van der Waals surface area contributed by atoms with Crippen molar-refractivity contribution in [3.05, 3.63) is 46.9 Å². The molecule has 1 saturated heterocycles. The molecule has 1 heterocycles. The summed E-state index contributed by atoms with van der Waals surface area (Å²) in [7, 11) is -0.944. The number of rotatable bonds is 6. The fraction of sp³-hybridized carbons (Fsp3) is 0.350. The van der Waals surface area contributed by atoms with Gasteiger partial charge in [0.05, 0.1) is 20.1 Å². The quantitative estimate of drug-likeness (QED) is 0.680. The van der Waals surface area contributed by atoms with Crippen LogP contribution in [-0.2, 0) is 14.8 Å². The second-order valence-electron chi connectivity index (χ2n) is 6.72. The van der Waals surface area contributed by atoms with Crippen LogP contribution in [0.1, 0.15) is 12.8 Å². The fourth-order valence-corrected chi connectivity index (χ4v) is 5.24. The molecule has 1 fully saturated rings. The number of ether oxygens (including phenoxy) is 2. The Morgan fingerprint density at radius 3 is 2.52 bits per heavy atom. The van der Waals surface area contributed by atoms with Gasteiger partial charge in [-0.25, -0.2) is 8.42 Å². The van der Waals surface area contributed by atoms with E-state index in [1.54, 1.807) is 24.3 Å². The monoisotopic (exact) mass is 482 g/mol. The maximum Gasteiger partial charge on any atom is 0.246 e. The Hall–Kier alpha value is -2.10. The lowest BCUT2D eigenvalue weighted by molar-refractivity contribution is -0.120. The number of anilines is 1. The van der Waals surface area contributed by atoms with Crippen LogP contribution in [0.25, 0.3) is 0 Å². The lowest BCUT2D eigenvalue weighted by Gasteiger charge is -2.31. The molecule has 0 aromatic heterocycles. The molecule has 1 N–H and O–H groups in total. The van der Waals surface area contributed by atoms with Gasteiger partial charge in [-0.05, 0) is 49.2 Å². The van der Waals surface area contributed by atoms with Crippen LogP contribution in [0, 0.1) is 5.92 Å². The van der Waals surface area contributed by atoms with Crippen LogP contribution in [0.5, 0.6) is 11.5 Å². The van der Waals surface area contributed by atoms with Crippen molar-refractivity contribution in [2.75, 3.05) is 32.6 Å². The van der Waals surface area contributed by atoms with E-state index in [9.17, 15) is 13.2 Å². The first-order valence-corrected chi connectivity index (χ1v) is 11.4. The van der Waals surface area contributed by atoms with Crippen molar-refractivity contribution in [1.82, 2.24) is 4.31 Å². The second-order valence-corrected chi connectivity index (χ2v) is 9.54. The summed E-state index contributed by atoms with van der Waals surface area (Å²) in [5, 5.41) is 2.87. The number of carbonyl (C=O) groups is 1. The Labute approximate surface area is 179 Å². The summed E-state index contributed by atoms with van der Waals surface area (Å²) in [6.45, 7) is 0.468. The molecule has 156 valence electrons. The van der Waals surface area contributed by atoms with E-state index in [2.05, 4.69) is 21.2 Å². The molecular weight excluding hydrogens is 460 g/mol. The number of hydrogen-bond donors (Lipinski definition) is 1. The number of piperidine rings is 1. The van der Waals surface area contributed by atoms with E-state index in [-0.39, 0.29) is 23.1 Å². The maximum atomic E-state index is 13.3. The first-order valence-electron chi connectivity index (χ1n) is 9.13. The van der Waals surface area contributed by atoms with E-state index in [0.29, 0.717) is 30.8 Å². The number of sulfonamides is 1. The molecule has 1 aliphatic heterocycles. The molecule has 9 heteroatoms. The molecular formula is C20H23BrN2O5S. The fourth-order valence-electron chi connectivity index (χ4n) is 3.28. The molecule has 1 atom stereocenters. The third kappa shape index (κ3) is 4.91. The average molecular weight is 483 g/mol. The largest absolute Gasteiger partial charge is 0.497 e. The molecule has 3 rings (SSSR count). The molecule has 1 aliphatic rings. The van der Waals surface area contributed by atoms with Gasteiger partial charge in [-0.1, -0.05) is 15.9 Å². The van der Waals surface area contributed by atoms with Crippen LogP contribution in [-0.4, -0.2) is 45.9 Å².